The molecule has 0 amide bonds. The van der Waals surface area contributed by atoms with Crippen molar-refractivity contribution < 1.29 is 13.2 Å². The zero-order valence-electron chi connectivity index (χ0n) is 18.9. The maximum atomic E-state index is 13.3. The molecule has 1 aliphatic rings. The standard InChI is InChI=1S/C22H32N4O4S/c1-15-13-16(2)18(4)22(17(15)3)31(28,29)24-19-7-6-10-25(14-19)20-8-9-21(27)26(23-20)11-12-30-5/h8-9,13,19,24H,6-7,10-12,14H2,1-5H3. The summed E-state index contributed by atoms with van der Waals surface area (Å²) in [5.74, 6) is 0.665. The number of ether oxygens (including phenoxy) is 1. The molecule has 0 radical (unpaired) electrons. The highest BCUT2D eigenvalue weighted by atomic mass is 32.2. The lowest BCUT2D eigenvalue weighted by molar-refractivity contribution is 0.182. The molecule has 31 heavy (non-hydrogen) atoms. The molecule has 0 saturated carbocycles. The van der Waals surface area contributed by atoms with Gasteiger partial charge in [-0.05, 0) is 68.9 Å². The van der Waals surface area contributed by atoms with Crippen molar-refractivity contribution >= 4 is 15.8 Å². The SMILES string of the molecule is COCCn1nc(N2CCCC(NS(=O)(=O)c3c(C)c(C)cc(C)c3C)C2)ccc1=O. The van der Waals surface area contributed by atoms with E-state index in [1.165, 1.54) is 10.7 Å². The number of hydrogen-bond donors (Lipinski definition) is 1. The number of nitrogens with zero attached hydrogens (tertiary/aromatic N) is 3. The second kappa shape index (κ2) is 9.50. The average Bonchev–Trinajstić information content (AvgIpc) is 2.71. The summed E-state index contributed by atoms with van der Waals surface area (Å²) in [6, 6.07) is 4.98. The van der Waals surface area contributed by atoms with Crippen LogP contribution in [0.5, 0.6) is 0 Å². The fraction of sp³-hybridized carbons (Fsp3) is 0.545. The van der Waals surface area contributed by atoms with E-state index >= 15 is 0 Å². The second-order valence-electron chi connectivity index (χ2n) is 8.24. The normalized spacial score (nSPS) is 17.2. The van der Waals surface area contributed by atoms with E-state index in [1.807, 2.05) is 38.7 Å². The van der Waals surface area contributed by atoms with Crippen molar-refractivity contribution in [1.29, 1.82) is 0 Å². The summed E-state index contributed by atoms with van der Waals surface area (Å²) >= 11 is 0. The number of aromatic nitrogens is 2. The van der Waals surface area contributed by atoms with Crippen molar-refractivity contribution in [2.45, 2.75) is 58.0 Å². The van der Waals surface area contributed by atoms with E-state index < -0.39 is 10.0 Å². The molecule has 1 N–H and O–H groups in total. The Morgan fingerprint density at radius 3 is 2.48 bits per heavy atom. The molecular formula is C22H32N4O4S. The smallest absolute Gasteiger partial charge is 0.266 e. The Morgan fingerprint density at radius 1 is 1.16 bits per heavy atom. The van der Waals surface area contributed by atoms with Gasteiger partial charge >= 0.3 is 0 Å². The summed E-state index contributed by atoms with van der Waals surface area (Å²) in [6.07, 6.45) is 1.58. The molecule has 1 aromatic heterocycles. The van der Waals surface area contributed by atoms with Crippen LogP contribution in [0.3, 0.4) is 0 Å². The summed E-state index contributed by atoms with van der Waals surface area (Å²) in [5.41, 5.74) is 3.33. The van der Waals surface area contributed by atoms with E-state index in [9.17, 15) is 13.2 Å². The zero-order chi connectivity index (χ0) is 22.8. The number of benzene rings is 1. The Labute approximate surface area is 184 Å². The number of hydrogen-bond acceptors (Lipinski definition) is 6. The number of anilines is 1. The zero-order valence-corrected chi connectivity index (χ0v) is 19.8. The molecule has 1 fully saturated rings. The number of piperidine rings is 1. The molecule has 2 aromatic rings. The summed E-state index contributed by atoms with van der Waals surface area (Å²) in [5, 5.41) is 4.45. The van der Waals surface area contributed by atoms with Crippen molar-refractivity contribution in [2.75, 3.05) is 31.7 Å². The third-order valence-corrected chi connectivity index (χ3v) is 7.79. The highest BCUT2D eigenvalue weighted by molar-refractivity contribution is 7.89. The topological polar surface area (TPSA) is 93.5 Å². The lowest BCUT2D eigenvalue weighted by Crippen LogP contribution is -2.48. The van der Waals surface area contributed by atoms with E-state index in [-0.39, 0.29) is 11.6 Å². The van der Waals surface area contributed by atoms with Gasteiger partial charge in [0.15, 0.2) is 0 Å². The number of methoxy groups -OCH3 is 1. The van der Waals surface area contributed by atoms with Gasteiger partial charge in [-0.1, -0.05) is 6.07 Å². The van der Waals surface area contributed by atoms with Gasteiger partial charge in [0, 0.05) is 32.3 Å². The molecule has 3 rings (SSSR count). The van der Waals surface area contributed by atoms with E-state index in [0.29, 0.717) is 30.4 Å². The quantitative estimate of drug-likeness (QED) is 0.697. The molecule has 0 aliphatic carbocycles. The first-order valence-electron chi connectivity index (χ1n) is 10.6. The summed E-state index contributed by atoms with van der Waals surface area (Å²) in [6.45, 7) is 9.62. The van der Waals surface area contributed by atoms with Crippen molar-refractivity contribution in [3.8, 4) is 0 Å². The van der Waals surface area contributed by atoms with Gasteiger partial charge < -0.3 is 9.64 Å². The maximum Gasteiger partial charge on any atom is 0.266 e. The first kappa shape index (κ1) is 23.4. The van der Waals surface area contributed by atoms with Crippen molar-refractivity contribution in [3.63, 3.8) is 0 Å². The largest absolute Gasteiger partial charge is 0.383 e. The van der Waals surface area contributed by atoms with Crippen LogP contribution >= 0.6 is 0 Å². The predicted molar refractivity (Wildman–Crippen MR) is 121 cm³/mol. The van der Waals surface area contributed by atoms with Gasteiger partial charge in [-0.15, -0.1) is 0 Å². The van der Waals surface area contributed by atoms with E-state index in [4.69, 9.17) is 4.74 Å². The number of sulfonamides is 1. The highest BCUT2D eigenvalue weighted by Crippen LogP contribution is 2.27. The minimum Gasteiger partial charge on any atom is -0.383 e. The van der Waals surface area contributed by atoms with Crippen LogP contribution in [-0.2, 0) is 21.3 Å². The molecule has 1 aliphatic heterocycles. The van der Waals surface area contributed by atoms with E-state index in [0.717, 1.165) is 41.6 Å². The molecule has 8 nitrogen and oxygen atoms in total. The minimum absolute atomic E-state index is 0.184. The first-order valence-corrected chi connectivity index (χ1v) is 12.0. The van der Waals surface area contributed by atoms with Crippen molar-refractivity contribution in [2.24, 2.45) is 0 Å². The average molecular weight is 449 g/mol. The van der Waals surface area contributed by atoms with Gasteiger partial charge in [0.1, 0.15) is 5.82 Å². The van der Waals surface area contributed by atoms with Crippen LogP contribution in [0.4, 0.5) is 5.82 Å². The van der Waals surface area contributed by atoms with Crippen LogP contribution in [0, 0.1) is 27.7 Å². The monoisotopic (exact) mass is 448 g/mol. The molecular weight excluding hydrogens is 416 g/mol. The molecule has 9 heteroatoms. The summed E-state index contributed by atoms with van der Waals surface area (Å²) in [4.78, 5) is 14.4. The third kappa shape index (κ3) is 5.16. The molecule has 1 atom stereocenters. The number of nitrogens with one attached hydrogen (secondary N) is 1. The van der Waals surface area contributed by atoms with Crippen LogP contribution in [0.25, 0.3) is 0 Å². The summed E-state index contributed by atoms with van der Waals surface area (Å²) < 4.78 is 36.0. The van der Waals surface area contributed by atoms with E-state index in [2.05, 4.69) is 9.82 Å². The molecule has 170 valence electrons. The van der Waals surface area contributed by atoms with Crippen molar-refractivity contribution in [3.05, 3.63) is 50.8 Å². The number of aryl methyl sites for hydroxylation is 2. The van der Waals surface area contributed by atoms with Gasteiger partial charge in [0.05, 0.1) is 18.0 Å². The summed E-state index contributed by atoms with van der Waals surface area (Å²) in [7, 11) is -2.09. The van der Waals surface area contributed by atoms with Gasteiger partial charge in [0.25, 0.3) is 5.56 Å². The Hall–Kier alpha value is -2.23. The van der Waals surface area contributed by atoms with Crippen LogP contribution in [0.2, 0.25) is 0 Å². The van der Waals surface area contributed by atoms with Crippen LogP contribution in [0.15, 0.2) is 27.9 Å². The Bertz CT molecular complexity index is 1080. The third-order valence-electron chi connectivity index (χ3n) is 5.99. The Kier molecular flexibility index (Phi) is 7.18. The predicted octanol–water partition coefficient (Wildman–Crippen LogP) is 2.07. The van der Waals surface area contributed by atoms with Crippen LogP contribution in [0.1, 0.15) is 35.1 Å². The van der Waals surface area contributed by atoms with E-state index in [1.54, 1.807) is 13.2 Å². The fourth-order valence-electron chi connectivity index (χ4n) is 4.09. The number of rotatable bonds is 7. The Balaban J connectivity index is 1.81. The van der Waals surface area contributed by atoms with Gasteiger partial charge in [-0.3, -0.25) is 4.79 Å². The molecule has 0 spiro atoms. The molecule has 2 heterocycles. The van der Waals surface area contributed by atoms with Gasteiger partial charge in [-0.25, -0.2) is 17.8 Å². The van der Waals surface area contributed by atoms with Crippen LogP contribution in [-0.4, -0.2) is 51.0 Å². The van der Waals surface area contributed by atoms with Crippen LogP contribution < -0.4 is 15.2 Å². The minimum atomic E-state index is -3.67. The lowest BCUT2D eigenvalue weighted by atomic mass is 10.0. The fourth-order valence-corrected chi connectivity index (χ4v) is 5.97. The highest BCUT2D eigenvalue weighted by Gasteiger charge is 2.29. The molecule has 1 saturated heterocycles. The molecule has 1 unspecified atom stereocenters. The molecule has 0 bridgehead atoms. The lowest BCUT2D eigenvalue weighted by Gasteiger charge is -2.34. The second-order valence-corrected chi connectivity index (χ2v) is 9.89. The Morgan fingerprint density at radius 2 is 1.84 bits per heavy atom. The first-order chi connectivity index (χ1) is 14.6. The van der Waals surface area contributed by atoms with Crippen molar-refractivity contribution in [1.82, 2.24) is 14.5 Å². The van der Waals surface area contributed by atoms with Gasteiger partial charge in [0.2, 0.25) is 10.0 Å². The van der Waals surface area contributed by atoms with Gasteiger partial charge in [-0.2, -0.15) is 5.10 Å². The molecule has 1 aromatic carbocycles. The maximum absolute atomic E-state index is 13.3.